The van der Waals surface area contributed by atoms with E-state index in [2.05, 4.69) is 36.5 Å². The summed E-state index contributed by atoms with van der Waals surface area (Å²) >= 11 is 1.74. The summed E-state index contributed by atoms with van der Waals surface area (Å²) in [5.41, 5.74) is 1.29. The molecule has 0 radical (unpaired) electrons. The molecule has 1 amide bonds. The quantitative estimate of drug-likeness (QED) is 0.769. The van der Waals surface area contributed by atoms with E-state index in [9.17, 15) is 4.79 Å². The third-order valence-electron chi connectivity index (χ3n) is 2.56. The van der Waals surface area contributed by atoms with Gasteiger partial charge in [-0.2, -0.15) is 0 Å². The van der Waals surface area contributed by atoms with E-state index in [0.29, 0.717) is 6.42 Å². The van der Waals surface area contributed by atoms with Crippen LogP contribution in [0.4, 0.5) is 0 Å². The first-order valence-electron chi connectivity index (χ1n) is 6.26. The summed E-state index contributed by atoms with van der Waals surface area (Å²) in [5, 5.41) is 3.31. The van der Waals surface area contributed by atoms with Crippen molar-refractivity contribution in [3.8, 4) is 0 Å². The van der Waals surface area contributed by atoms with Gasteiger partial charge in [0.15, 0.2) is 0 Å². The summed E-state index contributed by atoms with van der Waals surface area (Å²) in [6, 6.07) is 8.48. The van der Waals surface area contributed by atoms with Crippen molar-refractivity contribution in [3.05, 3.63) is 29.8 Å². The summed E-state index contributed by atoms with van der Waals surface area (Å²) in [6.45, 7) is 3.99. The molecule has 0 aromatic heterocycles. The van der Waals surface area contributed by atoms with Crippen LogP contribution >= 0.6 is 11.8 Å². The number of amides is 1. The summed E-state index contributed by atoms with van der Waals surface area (Å²) in [4.78, 5) is 14.3. The van der Waals surface area contributed by atoms with Crippen LogP contribution in [0.15, 0.2) is 29.2 Å². The monoisotopic (exact) mass is 266 g/mol. The van der Waals surface area contributed by atoms with Crippen LogP contribution in [0.25, 0.3) is 0 Å². The minimum Gasteiger partial charge on any atom is -0.349 e. The molecule has 18 heavy (non-hydrogen) atoms. The Morgan fingerprint density at radius 3 is 2.83 bits per heavy atom. The molecule has 1 aromatic rings. The SMILES string of the molecule is CCNCc1cccc(SCCC(=O)N(C)C)c1. The number of hydrogen-bond donors (Lipinski definition) is 1. The van der Waals surface area contributed by atoms with Crippen molar-refractivity contribution in [1.29, 1.82) is 0 Å². The summed E-state index contributed by atoms with van der Waals surface area (Å²) in [7, 11) is 3.59. The lowest BCUT2D eigenvalue weighted by Crippen LogP contribution is -2.21. The zero-order valence-corrected chi connectivity index (χ0v) is 12.2. The largest absolute Gasteiger partial charge is 0.349 e. The van der Waals surface area contributed by atoms with Crippen LogP contribution in [-0.4, -0.2) is 37.2 Å². The fourth-order valence-electron chi connectivity index (χ4n) is 1.49. The number of nitrogens with zero attached hydrogens (tertiary/aromatic N) is 1. The maximum atomic E-state index is 11.4. The van der Waals surface area contributed by atoms with Gasteiger partial charge < -0.3 is 10.2 Å². The standard InChI is InChI=1S/C14H22N2OS/c1-4-15-11-12-6-5-7-13(10-12)18-9-8-14(17)16(2)3/h5-7,10,15H,4,8-9,11H2,1-3H3. The molecule has 0 bridgehead atoms. The molecule has 0 aliphatic carbocycles. The normalized spacial score (nSPS) is 10.4. The fourth-order valence-corrected chi connectivity index (χ4v) is 2.42. The van der Waals surface area contributed by atoms with Gasteiger partial charge in [-0.1, -0.05) is 19.1 Å². The molecule has 1 N–H and O–H groups in total. The maximum absolute atomic E-state index is 11.4. The van der Waals surface area contributed by atoms with Gasteiger partial charge in [0.05, 0.1) is 0 Å². The highest BCUT2D eigenvalue weighted by molar-refractivity contribution is 7.99. The van der Waals surface area contributed by atoms with E-state index in [4.69, 9.17) is 0 Å². The minimum atomic E-state index is 0.186. The molecule has 0 unspecified atom stereocenters. The molecular weight excluding hydrogens is 244 g/mol. The fraction of sp³-hybridized carbons (Fsp3) is 0.500. The van der Waals surface area contributed by atoms with Gasteiger partial charge >= 0.3 is 0 Å². The Morgan fingerprint density at radius 1 is 1.39 bits per heavy atom. The van der Waals surface area contributed by atoms with Crippen LogP contribution in [0.5, 0.6) is 0 Å². The Morgan fingerprint density at radius 2 is 2.17 bits per heavy atom. The number of benzene rings is 1. The molecule has 0 saturated heterocycles. The van der Waals surface area contributed by atoms with Crippen molar-refractivity contribution in [3.63, 3.8) is 0 Å². The van der Waals surface area contributed by atoms with Crippen molar-refractivity contribution in [2.45, 2.75) is 24.8 Å². The predicted octanol–water partition coefficient (Wildman–Crippen LogP) is 2.37. The lowest BCUT2D eigenvalue weighted by molar-refractivity contribution is -0.128. The van der Waals surface area contributed by atoms with Crippen molar-refractivity contribution in [1.82, 2.24) is 10.2 Å². The Labute approximate surface area is 114 Å². The van der Waals surface area contributed by atoms with E-state index in [0.717, 1.165) is 18.8 Å². The molecule has 0 heterocycles. The zero-order valence-electron chi connectivity index (χ0n) is 11.4. The van der Waals surface area contributed by atoms with Crippen LogP contribution in [0.2, 0.25) is 0 Å². The smallest absolute Gasteiger partial charge is 0.222 e. The van der Waals surface area contributed by atoms with E-state index in [1.807, 2.05) is 0 Å². The second kappa shape index (κ2) is 8.16. The van der Waals surface area contributed by atoms with E-state index in [1.165, 1.54) is 10.5 Å². The van der Waals surface area contributed by atoms with Gasteiger partial charge in [0.2, 0.25) is 5.91 Å². The molecule has 0 fully saturated rings. The van der Waals surface area contributed by atoms with Crippen molar-refractivity contribution >= 4 is 17.7 Å². The van der Waals surface area contributed by atoms with Crippen molar-refractivity contribution in [2.24, 2.45) is 0 Å². The topological polar surface area (TPSA) is 32.3 Å². The molecule has 0 aliphatic rings. The lowest BCUT2D eigenvalue weighted by Gasteiger charge is -2.10. The minimum absolute atomic E-state index is 0.186. The van der Waals surface area contributed by atoms with E-state index in [-0.39, 0.29) is 5.91 Å². The first-order valence-corrected chi connectivity index (χ1v) is 7.24. The molecule has 0 atom stereocenters. The molecule has 0 aliphatic heterocycles. The third kappa shape index (κ3) is 5.56. The first kappa shape index (κ1) is 15.1. The molecule has 100 valence electrons. The van der Waals surface area contributed by atoms with Gasteiger partial charge in [-0.3, -0.25) is 4.79 Å². The van der Waals surface area contributed by atoms with Gasteiger partial charge in [-0.25, -0.2) is 0 Å². The third-order valence-corrected chi connectivity index (χ3v) is 3.56. The highest BCUT2D eigenvalue weighted by Crippen LogP contribution is 2.20. The number of carbonyl (C=O) groups excluding carboxylic acids is 1. The van der Waals surface area contributed by atoms with E-state index >= 15 is 0 Å². The van der Waals surface area contributed by atoms with Gasteiger partial charge in [-0.15, -0.1) is 11.8 Å². The number of hydrogen-bond acceptors (Lipinski definition) is 3. The van der Waals surface area contributed by atoms with Crippen molar-refractivity contribution in [2.75, 3.05) is 26.4 Å². The molecular formula is C14H22N2OS. The molecule has 3 nitrogen and oxygen atoms in total. The van der Waals surface area contributed by atoms with Gasteiger partial charge in [0.1, 0.15) is 0 Å². The summed E-state index contributed by atoms with van der Waals surface area (Å²) in [5.74, 6) is 1.02. The van der Waals surface area contributed by atoms with E-state index < -0.39 is 0 Å². The summed E-state index contributed by atoms with van der Waals surface area (Å²) < 4.78 is 0. The van der Waals surface area contributed by atoms with Crippen LogP contribution in [0.3, 0.4) is 0 Å². The highest BCUT2D eigenvalue weighted by atomic mass is 32.2. The second-order valence-electron chi connectivity index (χ2n) is 4.31. The Kier molecular flexibility index (Phi) is 6.83. The lowest BCUT2D eigenvalue weighted by atomic mass is 10.2. The van der Waals surface area contributed by atoms with Crippen LogP contribution in [0, 0.1) is 0 Å². The second-order valence-corrected chi connectivity index (χ2v) is 5.48. The Hall–Kier alpha value is -1.00. The molecule has 0 saturated carbocycles. The molecule has 0 spiro atoms. The Balaban J connectivity index is 2.40. The molecule has 4 heteroatoms. The first-order chi connectivity index (χ1) is 8.63. The van der Waals surface area contributed by atoms with Crippen LogP contribution in [0.1, 0.15) is 18.9 Å². The summed E-state index contributed by atoms with van der Waals surface area (Å²) in [6.07, 6.45) is 0.592. The average molecular weight is 266 g/mol. The molecule has 1 aromatic carbocycles. The predicted molar refractivity (Wildman–Crippen MR) is 77.9 cm³/mol. The maximum Gasteiger partial charge on any atom is 0.222 e. The van der Waals surface area contributed by atoms with Crippen LogP contribution in [-0.2, 0) is 11.3 Å². The zero-order chi connectivity index (χ0) is 13.4. The molecule has 1 rings (SSSR count). The van der Waals surface area contributed by atoms with Gasteiger partial charge in [0, 0.05) is 37.7 Å². The number of nitrogens with one attached hydrogen (secondary N) is 1. The highest BCUT2D eigenvalue weighted by Gasteiger charge is 2.04. The number of thioether (sulfide) groups is 1. The van der Waals surface area contributed by atoms with E-state index in [1.54, 1.807) is 30.8 Å². The number of rotatable bonds is 7. The van der Waals surface area contributed by atoms with Crippen molar-refractivity contribution < 1.29 is 4.79 Å². The average Bonchev–Trinajstić information content (AvgIpc) is 2.36. The van der Waals surface area contributed by atoms with Crippen LogP contribution < -0.4 is 5.32 Å². The number of carbonyl (C=O) groups is 1. The van der Waals surface area contributed by atoms with Gasteiger partial charge in [-0.05, 0) is 24.2 Å². The Bertz CT molecular complexity index is 380. The van der Waals surface area contributed by atoms with Gasteiger partial charge in [0.25, 0.3) is 0 Å².